The molecule has 0 spiro atoms. The molecule has 0 aliphatic carbocycles. The Hall–Kier alpha value is -1.61. The lowest BCUT2D eigenvalue weighted by Gasteiger charge is -2.06. The zero-order valence-electron chi connectivity index (χ0n) is 11.4. The van der Waals surface area contributed by atoms with Crippen molar-refractivity contribution in [2.75, 3.05) is 6.54 Å². The van der Waals surface area contributed by atoms with Crippen LogP contribution in [-0.2, 0) is 13.0 Å². The van der Waals surface area contributed by atoms with E-state index in [1.165, 1.54) is 22.4 Å². The van der Waals surface area contributed by atoms with E-state index in [1.54, 1.807) is 0 Å². The summed E-state index contributed by atoms with van der Waals surface area (Å²) in [6.07, 6.45) is 0.908. The Kier molecular flexibility index (Phi) is 3.82. The van der Waals surface area contributed by atoms with Crippen LogP contribution in [0.2, 0.25) is 0 Å². The van der Waals surface area contributed by atoms with Crippen LogP contribution < -0.4 is 5.73 Å². The second kappa shape index (κ2) is 5.36. The van der Waals surface area contributed by atoms with Crippen molar-refractivity contribution >= 4 is 0 Å². The molecule has 0 aliphatic heterocycles. The lowest BCUT2D eigenvalue weighted by molar-refractivity contribution is 0.658. The van der Waals surface area contributed by atoms with Gasteiger partial charge in [0.1, 0.15) is 0 Å². The molecule has 3 nitrogen and oxygen atoms in total. The molecule has 0 bridgehead atoms. The van der Waals surface area contributed by atoms with Crippen LogP contribution in [0.3, 0.4) is 0 Å². The Morgan fingerprint density at radius 1 is 1.11 bits per heavy atom. The maximum absolute atomic E-state index is 5.64. The van der Waals surface area contributed by atoms with Crippen molar-refractivity contribution in [2.24, 2.45) is 5.73 Å². The van der Waals surface area contributed by atoms with E-state index in [1.807, 2.05) is 0 Å². The van der Waals surface area contributed by atoms with Crippen molar-refractivity contribution in [3.63, 3.8) is 0 Å². The molecule has 0 atom stereocenters. The maximum Gasteiger partial charge on any atom is 0.0662 e. The Labute approximate surface area is 109 Å². The second-order valence-electron chi connectivity index (χ2n) is 4.83. The first-order valence-corrected chi connectivity index (χ1v) is 6.40. The van der Waals surface area contributed by atoms with Gasteiger partial charge in [-0.3, -0.25) is 4.68 Å². The quantitative estimate of drug-likeness (QED) is 0.896. The van der Waals surface area contributed by atoms with Crippen molar-refractivity contribution in [1.82, 2.24) is 9.78 Å². The highest BCUT2D eigenvalue weighted by atomic mass is 15.3. The van der Waals surface area contributed by atoms with Gasteiger partial charge in [-0.1, -0.05) is 29.8 Å². The predicted octanol–water partition coefficient (Wildman–Crippen LogP) is 2.36. The summed E-state index contributed by atoms with van der Waals surface area (Å²) in [7, 11) is 0. The molecule has 96 valence electrons. The highest BCUT2D eigenvalue weighted by Gasteiger charge is 2.10. The first-order chi connectivity index (χ1) is 8.61. The number of nitrogens with zero attached hydrogens (tertiary/aromatic N) is 2. The minimum Gasteiger partial charge on any atom is -0.330 e. The van der Waals surface area contributed by atoms with E-state index in [4.69, 9.17) is 5.73 Å². The second-order valence-corrected chi connectivity index (χ2v) is 4.83. The van der Waals surface area contributed by atoms with Gasteiger partial charge in [-0.05, 0) is 44.9 Å². The molecule has 0 fully saturated rings. The van der Waals surface area contributed by atoms with Crippen LogP contribution in [0.25, 0.3) is 0 Å². The third kappa shape index (κ3) is 2.62. The Morgan fingerprint density at radius 2 is 1.78 bits per heavy atom. The summed E-state index contributed by atoms with van der Waals surface area (Å²) in [6, 6.07) is 8.60. The van der Waals surface area contributed by atoms with Crippen molar-refractivity contribution in [3.8, 4) is 0 Å². The zero-order chi connectivity index (χ0) is 13.1. The molecule has 0 radical (unpaired) electrons. The van der Waals surface area contributed by atoms with Gasteiger partial charge in [0.05, 0.1) is 12.2 Å². The summed E-state index contributed by atoms with van der Waals surface area (Å²) in [4.78, 5) is 0. The Balaban J connectivity index is 2.24. The molecule has 0 amide bonds. The van der Waals surface area contributed by atoms with E-state index >= 15 is 0 Å². The molecule has 1 aromatic heterocycles. The summed E-state index contributed by atoms with van der Waals surface area (Å²) < 4.78 is 2.07. The highest BCUT2D eigenvalue weighted by molar-refractivity contribution is 5.27. The Morgan fingerprint density at radius 3 is 2.39 bits per heavy atom. The number of aryl methyl sites for hydroxylation is 2. The molecule has 0 saturated heterocycles. The van der Waals surface area contributed by atoms with Crippen LogP contribution >= 0.6 is 0 Å². The van der Waals surface area contributed by atoms with Gasteiger partial charge in [-0.15, -0.1) is 0 Å². The lowest BCUT2D eigenvalue weighted by Crippen LogP contribution is -2.06. The first-order valence-electron chi connectivity index (χ1n) is 6.40. The van der Waals surface area contributed by atoms with Gasteiger partial charge < -0.3 is 5.73 Å². The summed E-state index contributed by atoms with van der Waals surface area (Å²) in [5, 5.41) is 4.61. The smallest absolute Gasteiger partial charge is 0.0662 e. The molecule has 0 aliphatic rings. The van der Waals surface area contributed by atoms with Crippen LogP contribution in [-0.4, -0.2) is 16.3 Å². The monoisotopic (exact) mass is 243 g/mol. The van der Waals surface area contributed by atoms with E-state index in [2.05, 4.69) is 54.8 Å². The minimum absolute atomic E-state index is 0.678. The first kappa shape index (κ1) is 12.8. The van der Waals surface area contributed by atoms with Gasteiger partial charge in [0.15, 0.2) is 0 Å². The molecule has 0 unspecified atom stereocenters. The van der Waals surface area contributed by atoms with E-state index in [0.29, 0.717) is 6.54 Å². The van der Waals surface area contributed by atoms with Crippen LogP contribution in [0.4, 0.5) is 0 Å². The SMILES string of the molecule is Cc1ccc(Cn2nc(C)c(CCN)c2C)cc1. The van der Waals surface area contributed by atoms with Crippen LogP contribution in [0.1, 0.15) is 28.1 Å². The van der Waals surface area contributed by atoms with Crippen molar-refractivity contribution in [3.05, 3.63) is 52.3 Å². The number of nitrogens with two attached hydrogens (primary N) is 1. The normalized spacial score (nSPS) is 10.9. The zero-order valence-corrected chi connectivity index (χ0v) is 11.4. The molecule has 0 saturated carbocycles. The van der Waals surface area contributed by atoms with Crippen LogP contribution in [0.5, 0.6) is 0 Å². The van der Waals surface area contributed by atoms with Gasteiger partial charge in [0.2, 0.25) is 0 Å². The van der Waals surface area contributed by atoms with Crippen LogP contribution in [0, 0.1) is 20.8 Å². The summed E-state index contributed by atoms with van der Waals surface area (Å²) in [5.74, 6) is 0. The fraction of sp³-hybridized carbons (Fsp3) is 0.400. The minimum atomic E-state index is 0.678. The summed E-state index contributed by atoms with van der Waals surface area (Å²) >= 11 is 0. The standard InChI is InChI=1S/C15H21N3/c1-11-4-6-14(7-5-11)10-18-13(3)15(8-9-16)12(2)17-18/h4-7H,8-10,16H2,1-3H3. The molecular formula is C15H21N3. The average Bonchev–Trinajstić information content (AvgIpc) is 2.60. The molecule has 3 heteroatoms. The highest BCUT2D eigenvalue weighted by Crippen LogP contribution is 2.15. The van der Waals surface area contributed by atoms with Crippen molar-refractivity contribution in [2.45, 2.75) is 33.7 Å². The summed E-state index contributed by atoms with van der Waals surface area (Å²) in [5.41, 5.74) is 11.8. The topological polar surface area (TPSA) is 43.8 Å². The summed E-state index contributed by atoms with van der Waals surface area (Å²) in [6.45, 7) is 7.80. The maximum atomic E-state index is 5.64. The molecular weight excluding hydrogens is 222 g/mol. The number of hydrogen-bond acceptors (Lipinski definition) is 2. The van der Waals surface area contributed by atoms with E-state index in [9.17, 15) is 0 Å². The lowest BCUT2D eigenvalue weighted by atomic mass is 10.1. The molecule has 1 heterocycles. The van der Waals surface area contributed by atoms with Gasteiger partial charge in [-0.25, -0.2) is 0 Å². The average molecular weight is 243 g/mol. The van der Waals surface area contributed by atoms with Crippen molar-refractivity contribution in [1.29, 1.82) is 0 Å². The molecule has 2 N–H and O–H groups in total. The van der Waals surface area contributed by atoms with E-state index < -0.39 is 0 Å². The number of aromatic nitrogens is 2. The fourth-order valence-electron chi connectivity index (χ4n) is 2.26. The fourth-order valence-corrected chi connectivity index (χ4v) is 2.26. The number of benzene rings is 1. The largest absolute Gasteiger partial charge is 0.330 e. The van der Waals surface area contributed by atoms with E-state index in [-0.39, 0.29) is 0 Å². The van der Waals surface area contributed by atoms with Gasteiger partial charge in [-0.2, -0.15) is 5.10 Å². The molecule has 2 rings (SSSR count). The predicted molar refractivity (Wildman–Crippen MR) is 74.7 cm³/mol. The third-order valence-electron chi connectivity index (χ3n) is 3.38. The van der Waals surface area contributed by atoms with Crippen LogP contribution in [0.15, 0.2) is 24.3 Å². The van der Waals surface area contributed by atoms with Gasteiger partial charge >= 0.3 is 0 Å². The Bertz CT molecular complexity index is 523. The van der Waals surface area contributed by atoms with E-state index in [0.717, 1.165) is 18.7 Å². The van der Waals surface area contributed by atoms with Gasteiger partial charge in [0.25, 0.3) is 0 Å². The molecule has 2 aromatic rings. The molecule has 18 heavy (non-hydrogen) atoms. The van der Waals surface area contributed by atoms with Gasteiger partial charge in [0, 0.05) is 5.69 Å². The third-order valence-corrected chi connectivity index (χ3v) is 3.38. The number of hydrogen-bond donors (Lipinski definition) is 1. The van der Waals surface area contributed by atoms with Crippen molar-refractivity contribution < 1.29 is 0 Å². The number of rotatable bonds is 4. The molecule has 1 aromatic carbocycles.